The number of carbonyl (C=O) groups excluding carboxylic acids is 1. The van der Waals surface area contributed by atoms with E-state index in [2.05, 4.69) is 30.5 Å². The first kappa shape index (κ1) is 8.30. The van der Waals surface area contributed by atoms with Crippen molar-refractivity contribution in [1.82, 2.24) is 20.5 Å². The zero-order valence-corrected chi connectivity index (χ0v) is 6.91. The number of anilines is 1. The minimum absolute atomic E-state index is 0.0932. The molecule has 2 aromatic rings. The summed E-state index contributed by atoms with van der Waals surface area (Å²) in [5.41, 5.74) is 0.0932. The molecule has 14 heavy (non-hydrogen) atoms. The molecule has 0 aromatic carbocycles. The summed E-state index contributed by atoms with van der Waals surface area (Å²) in [6.07, 6.45) is 2.72. The zero-order valence-electron chi connectivity index (χ0n) is 6.91. The third-order valence-corrected chi connectivity index (χ3v) is 1.41. The Morgan fingerprint density at radius 1 is 1.50 bits per heavy atom. The fourth-order valence-corrected chi connectivity index (χ4v) is 0.813. The largest absolute Gasteiger partial charge is 0.304 e. The lowest BCUT2D eigenvalue weighted by Gasteiger charge is -1.97. The normalized spacial score (nSPS) is 9.71. The molecule has 0 spiro atoms. The number of hydrogen-bond acceptors (Lipinski definition) is 6. The Morgan fingerprint density at radius 2 is 2.43 bits per heavy atom. The highest BCUT2D eigenvalue weighted by Crippen LogP contribution is 2.01. The van der Waals surface area contributed by atoms with E-state index >= 15 is 0 Å². The monoisotopic (exact) mass is 191 g/mol. The first-order chi connectivity index (χ1) is 6.86. The number of amides is 1. The van der Waals surface area contributed by atoms with Gasteiger partial charge in [-0.2, -0.15) is 5.10 Å². The molecule has 7 heteroatoms. The smallest absolute Gasteiger partial charge is 0.280 e. The molecule has 0 atom stereocenters. The minimum Gasteiger partial charge on any atom is -0.304 e. The average molecular weight is 191 g/mol. The number of nitrogens with zero attached hydrogens (tertiary/aromatic N) is 4. The van der Waals surface area contributed by atoms with Gasteiger partial charge in [0.1, 0.15) is 6.20 Å². The molecule has 0 aliphatic heterocycles. The lowest BCUT2D eigenvalue weighted by molar-refractivity contribution is 0.101. The fourth-order valence-electron chi connectivity index (χ4n) is 0.813. The summed E-state index contributed by atoms with van der Waals surface area (Å²) in [6, 6.07) is 3.27. The highest BCUT2D eigenvalue weighted by Gasteiger charge is 2.10. The van der Waals surface area contributed by atoms with Gasteiger partial charge in [-0.05, 0) is 17.3 Å². The molecule has 1 amide bonds. The molecular weight excluding hydrogens is 186 g/mol. The van der Waals surface area contributed by atoms with Crippen LogP contribution in [-0.4, -0.2) is 26.4 Å². The van der Waals surface area contributed by atoms with E-state index in [4.69, 9.17) is 0 Å². The van der Waals surface area contributed by atoms with Crippen LogP contribution in [0, 0.1) is 0 Å². The van der Waals surface area contributed by atoms with Crippen LogP contribution in [0.3, 0.4) is 0 Å². The van der Waals surface area contributed by atoms with Crippen LogP contribution in [0.5, 0.6) is 0 Å². The van der Waals surface area contributed by atoms with E-state index < -0.39 is 5.91 Å². The SMILES string of the molecule is O=C(Nc1cccnn1)c1cnon1. The van der Waals surface area contributed by atoms with Crippen molar-refractivity contribution in [3.8, 4) is 0 Å². The Balaban J connectivity index is 2.10. The predicted octanol–water partition coefficient (Wildman–Crippen LogP) is 0.112. The minimum atomic E-state index is -0.438. The lowest BCUT2D eigenvalue weighted by atomic mass is 10.4. The molecule has 0 aliphatic carbocycles. The molecule has 2 aromatic heterocycles. The summed E-state index contributed by atoms with van der Waals surface area (Å²) >= 11 is 0. The number of carbonyl (C=O) groups is 1. The molecule has 2 heterocycles. The molecule has 0 saturated heterocycles. The summed E-state index contributed by atoms with van der Waals surface area (Å²) in [7, 11) is 0. The van der Waals surface area contributed by atoms with Gasteiger partial charge in [-0.3, -0.25) is 4.79 Å². The maximum absolute atomic E-state index is 11.3. The van der Waals surface area contributed by atoms with Crippen molar-refractivity contribution in [2.45, 2.75) is 0 Å². The Morgan fingerprint density at radius 3 is 3.07 bits per heavy atom. The Labute approximate surface area is 78.1 Å². The van der Waals surface area contributed by atoms with Crippen LogP contribution >= 0.6 is 0 Å². The lowest BCUT2D eigenvalue weighted by Crippen LogP contribution is -2.13. The van der Waals surface area contributed by atoms with Crippen LogP contribution in [0.4, 0.5) is 5.82 Å². The molecule has 0 bridgehead atoms. The van der Waals surface area contributed by atoms with Gasteiger partial charge in [0.05, 0.1) is 0 Å². The molecule has 0 saturated carbocycles. The molecule has 1 N–H and O–H groups in total. The summed E-state index contributed by atoms with van der Waals surface area (Å²) in [5.74, 6) is -0.0905. The van der Waals surface area contributed by atoms with Gasteiger partial charge in [-0.25, -0.2) is 4.63 Å². The van der Waals surface area contributed by atoms with E-state index in [1.807, 2.05) is 0 Å². The summed E-state index contributed by atoms with van der Waals surface area (Å²) < 4.78 is 4.28. The highest BCUT2D eigenvalue weighted by molar-refractivity contribution is 6.01. The van der Waals surface area contributed by atoms with Crippen molar-refractivity contribution in [2.75, 3.05) is 5.32 Å². The van der Waals surface area contributed by atoms with E-state index in [0.717, 1.165) is 0 Å². The van der Waals surface area contributed by atoms with Crippen LogP contribution < -0.4 is 5.32 Å². The van der Waals surface area contributed by atoms with Gasteiger partial charge in [-0.1, -0.05) is 5.16 Å². The Hall–Kier alpha value is -2.31. The third kappa shape index (κ3) is 1.71. The molecule has 0 unspecified atom stereocenters. The summed E-state index contributed by atoms with van der Waals surface area (Å²) in [5, 5.41) is 16.4. The van der Waals surface area contributed by atoms with Crippen molar-refractivity contribution in [2.24, 2.45) is 0 Å². The second-order valence-corrected chi connectivity index (χ2v) is 2.36. The molecule has 70 valence electrons. The van der Waals surface area contributed by atoms with Gasteiger partial charge in [0.25, 0.3) is 5.91 Å². The van der Waals surface area contributed by atoms with E-state index in [1.165, 1.54) is 12.4 Å². The van der Waals surface area contributed by atoms with E-state index in [-0.39, 0.29) is 5.69 Å². The molecule has 0 radical (unpaired) electrons. The van der Waals surface area contributed by atoms with Gasteiger partial charge >= 0.3 is 0 Å². The van der Waals surface area contributed by atoms with Gasteiger partial charge in [0.2, 0.25) is 0 Å². The van der Waals surface area contributed by atoms with E-state index in [9.17, 15) is 4.79 Å². The van der Waals surface area contributed by atoms with Crippen LogP contribution in [0.15, 0.2) is 29.2 Å². The average Bonchev–Trinajstić information content (AvgIpc) is 2.72. The van der Waals surface area contributed by atoms with E-state index in [0.29, 0.717) is 5.82 Å². The van der Waals surface area contributed by atoms with Crippen LogP contribution in [-0.2, 0) is 0 Å². The topological polar surface area (TPSA) is 93.8 Å². The Kier molecular flexibility index (Phi) is 2.14. The van der Waals surface area contributed by atoms with Crippen molar-refractivity contribution in [3.05, 3.63) is 30.2 Å². The zero-order chi connectivity index (χ0) is 9.80. The summed E-state index contributed by atoms with van der Waals surface area (Å²) in [6.45, 7) is 0. The number of rotatable bonds is 2. The maximum atomic E-state index is 11.3. The fraction of sp³-hybridized carbons (Fsp3) is 0. The second-order valence-electron chi connectivity index (χ2n) is 2.36. The maximum Gasteiger partial charge on any atom is 0.280 e. The first-order valence-corrected chi connectivity index (χ1v) is 3.73. The van der Waals surface area contributed by atoms with Gasteiger partial charge in [-0.15, -0.1) is 5.10 Å². The number of nitrogens with one attached hydrogen (secondary N) is 1. The predicted molar refractivity (Wildman–Crippen MR) is 44.3 cm³/mol. The second kappa shape index (κ2) is 3.60. The molecule has 2 rings (SSSR count). The van der Waals surface area contributed by atoms with Crippen molar-refractivity contribution < 1.29 is 9.42 Å². The quantitative estimate of drug-likeness (QED) is 0.724. The standard InChI is InChI=1S/C7H5N5O2/c13-7(5-4-9-14-12-5)10-6-2-1-3-8-11-6/h1-4H,(H,10,11,13). The number of hydrogen-bond donors (Lipinski definition) is 1. The first-order valence-electron chi connectivity index (χ1n) is 3.73. The van der Waals surface area contributed by atoms with Crippen LogP contribution in [0.2, 0.25) is 0 Å². The van der Waals surface area contributed by atoms with Crippen molar-refractivity contribution in [3.63, 3.8) is 0 Å². The van der Waals surface area contributed by atoms with E-state index in [1.54, 1.807) is 12.1 Å². The number of aromatic nitrogens is 4. The Bertz CT molecular complexity index is 413. The van der Waals surface area contributed by atoms with Gasteiger partial charge < -0.3 is 5.32 Å². The molecule has 7 nitrogen and oxygen atoms in total. The van der Waals surface area contributed by atoms with Crippen LogP contribution in [0.25, 0.3) is 0 Å². The molecular formula is C7H5N5O2. The third-order valence-electron chi connectivity index (χ3n) is 1.41. The van der Waals surface area contributed by atoms with Crippen LogP contribution in [0.1, 0.15) is 10.5 Å². The highest BCUT2D eigenvalue weighted by atomic mass is 16.6. The van der Waals surface area contributed by atoms with Crippen molar-refractivity contribution in [1.29, 1.82) is 0 Å². The van der Waals surface area contributed by atoms with Gasteiger partial charge in [0.15, 0.2) is 11.5 Å². The summed E-state index contributed by atoms with van der Waals surface area (Å²) in [4.78, 5) is 11.3. The molecule has 0 fully saturated rings. The van der Waals surface area contributed by atoms with Crippen molar-refractivity contribution >= 4 is 11.7 Å². The molecule has 0 aliphatic rings. The van der Waals surface area contributed by atoms with Gasteiger partial charge in [0, 0.05) is 6.20 Å².